The van der Waals surface area contributed by atoms with E-state index in [2.05, 4.69) is 49.9 Å². The van der Waals surface area contributed by atoms with Gasteiger partial charge in [0.05, 0.1) is 52.7 Å². The van der Waals surface area contributed by atoms with Gasteiger partial charge in [0, 0.05) is 85.7 Å². The molecule has 32 heteroatoms. The van der Waals surface area contributed by atoms with Gasteiger partial charge in [-0.25, -0.2) is 14.6 Å². The molecule has 0 radical (unpaired) electrons. The predicted octanol–water partition coefficient (Wildman–Crippen LogP) is 13.5. The predicted molar refractivity (Wildman–Crippen MR) is 339 cm³/mol. The van der Waals surface area contributed by atoms with Crippen molar-refractivity contribution in [3.05, 3.63) is 163 Å². The molecular weight excluding hydrogens is 1340 g/mol. The number of benzene rings is 3. The second-order valence-electron chi connectivity index (χ2n) is 23.6. The van der Waals surface area contributed by atoms with Crippen molar-refractivity contribution in [1.82, 2.24) is 58.8 Å². The summed E-state index contributed by atoms with van der Waals surface area (Å²) < 4.78 is 151. The number of carbonyl (C=O) groups excluding carboxylic acids is 3. The third-order valence-electron chi connectivity index (χ3n) is 15.9. The van der Waals surface area contributed by atoms with Crippen molar-refractivity contribution in [3.63, 3.8) is 0 Å². The number of H-pyrrole nitrogens is 2. The van der Waals surface area contributed by atoms with Crippen molar-refractivity contribution >= 4 is 60.6 Å². The zero-order chi connectivity index (χ0) is 68.7. The summed E-state index contributed by atoms with van der Waals surface area (Å²) >= 11 is 17.9. The van der Waals surface area contributed by atoms with Crippen molar-refractivity contribution < 1.29 is 72.8 Å². The van der Waals surface area contributed by atoms with E-state index in [9.17, 15) is 53.9 Å². The largest absolute Gasteiger partial charge is 0.431 e. The molecule has 510 valence electrons. The third-order valence-corrected chi connectivity index (χ3v) is 18.3. The number of carbonyl (C=O) groups is 3. The van der Waals surface area contributed by atoms with Crippen molar-refractivity contribution in [3.8, 4) is 33.4 Å². The molecular formula is C63H68Cl3F9N12O7Si. The lowest BCUT2D eigenvalue weighted by Gasteiger charge is -2.28. The van der Waals surface area contributed by atoms with Gasteiger partial charge in [-0.1, -0.05) is 90.8 Å². The van der Waals surface area contributed by atoms with E-state index in [0.717, 1.165) is 15.2 Å². The fourth-order valence-corrected chi connectivity index (χ4v) is 12.4. The van der Waals surface area contributed by atoms with E-state index in [4.69, 9.17) is 53.8 Å². The molecule has 8 heterocycles. The number of aromatic nitrogens is 9. The summed E-state index contributed by atoms with van der Waals surface area (Å²) in [6.45, 7) is 14.8. The normalized spacial score (nSPS) is 14.9. The highest BCUT2D eigenvalue weighted by Gasteiger charge is 2.45. The van der Waals surface area contributed by atoms with Gasteiger partial charge in [-0.05, 0) is 96.6 Å². The van der Waals surface area contributed by atoms with Crippen LogP contribution in [0.2, 0.25) is 40.8 Å². The topological polar surface area (TPSA) is 196 Å². The van der Waals surface area contributed by atoms with Crippen LogP contribution in [0.15, 0.2) is 85.5 Å². The first kappa shape index (κ1) is 71.8. The number of nitrogens with zero attached hydrogens (tertiary/aromatic N) is 10. The Labute approximate surface area is 556 Å². The van der Waals surface area contributed by atoms with Gasteiger partial charge in [0.2, 0.25) is 0 Å². The van der Waals surface area contributed by atoms with E-state index in [1.54, 1.807) is 72.8 Å². The van der Waals surface area contributed by atoms with Crippen LogP contribution in [-0.4, -0.2) is 170 Å². The van der Waals surface area contributed by atoms with Crippen molar-refractivity contribution in [2.75, 3.05) is 85.5 Å². The summed E-state index contributed by atoms with van der Waals surface area (Å²) in [6, 6.07) is 20.2. The van der Waals surface area contributed by atoms with E-state index >= 15 is 0 Å². The maximum atomic E-state index is 14.5. The Balaban J connectivity index is 0.000000172. The quantitative estimate of drug-likeness (QED) is 0.0563. The number of aromatic amines is 2. The molecule has 95 heavy (non-hydrogen) atoms. The van der Waals surface area contributed by atoms with Crippen LogP contribution in [0, 0.1) is 20.8 Å². The Morgan fingerprint density at radius 2 is 0.968 bits per heavy atom. The number of morpholine rings is 3. The summed E-state index contributed by atoms with van der Waals surface area (Å²) in [5.74, 6) is -1.11. The van der Waals surface area contributed by atoms with Crippen LogP contribution in [0.4, 0.5) is 39.5 Å². The number of amides is 3. The number of hydrogen-bond acceptors (Lipinski definition) is 11. The third kappa shape index (κ3) is 17.4. The molecule has 5 aromatic heterocycles. The lowest BCUT2D eigenvalue weighted by molar-refractivity contribution is -0.144. The molecule has 3 aromatic carbocycles. The zero-order valence-corrected chi connectivity index (χ0v) is 55.7. The van der Waals surface area contributed by atoms with E-state index < -0.39 is 61.4 Å². The number of halogens is 12. The number of hydrogen-bond donors (Lipinski definition) is 2. The number of alkyl halides is 9. The average Bonchev–Trinajstić information content (AvgIpc) is 1.60. The van der Waals surface area contributed by atoms with Crippen LogP contribution in [0.25, 0.3) is 33.4 Å². The Hall–Kier alpha value is -7.51. The maximum absolute atomic E-state index is 14.5. The minimum absolute atomic E-state index is 0.00793. The summed E-state index contributed by atoms with van der Waals surface area (Å²) in [5.41, 5.74) is -0.853. The van der Waals surface area contributed by atoms with Gasteiger partial charge in [0.1, 0.15) is 59.4 Å². The molecule has 19 nitrogen and oxygen atoms in total. The first-order chi connectivity index (χ1) is 44.9. The Morgan fingerprint density at radius 1 is 0.558 bits per heavy atom. The standard InChI is InChI=1S/C26H33ClF3N5O3Si.C20H19ClF3N5O2.C17H16ClF3N2O2/c1-18-22(19-5-7-20(27)8-6-19)23(25(36)33-9-11-37-12-10-33)35(24(18)26(28,29)30)15-21-31-16-34(32-21)17-38-13-14-39(2,3)4;1-12-16(13-2-4-14(21)5-3-13)17(19(30)28-6-8-31-9-7-28)29(18(12)20(22,23)24)10-15-25-11-26-27-15;1-10-13(11-2-4-12(18)5-3-11)14(22-15(10)17(19,20)21)16(24)23-6-8-25-9-7-23/h5-8,16H,9-15,17H2,1-4H3;2-5,11H,6-10H2,1H3,(H,25,26,27);2-5,22H,6-9H2,1H3. The van der Waals surface area contributed by atoms with Crippen LogP contribution >= 0.6 is 34.8 Å². The van der Waals surface area contributed by atoms with E-state index in [1.807, 2.05) is 0 Å². The maximum Gasteiger partial charge on any atom is 0.431 e. The van der Waals surface area contributed by atoms with Crippen LogP contribution in [0.1, 0.15) is 76.9 Å². The molecule has 0 bridgehead atoms. The van der Waals surface area contributed by atoms with Crippen LogP contribution in [-0.2, 0) is 57.3 Å². The highest BCUT2D eigenvalue weighted by Crippen LogP contribution is 2.45. The van der Waals surface area contributed by atoms with Gasteiger partial charge in [-0.2, -0.15) is 49.7 Å². The van der Waals surface area contributed by atoms with E-state index in [1.165, 1.54) is 52.8 Å². The van der Waals surface area contributed by atoms with Gasteiger partial charge in [-0.3, -0.25) is 19.5 Å². The smallest absolute Gasteiger partial charge is 0.378 e. The van der Waals surface area contributed by atoms with Gasteiger partial charge >= 0.3 is 18.5 Å². The minimum Gasteiger partial charge on any atom is -0.378 e. The van der Waals surface area contributed by atoms with Crippen LogP contribution in [0.3, 0.4) is 0 Å². The molecule has 3 saturated heterocycles. The van der Waals surface area contributed by atoms with Gasteiger partial charge in [0.15, 0.2) is 5.82 Å². The van der Waals surface area contributed by atoms with E-state index in [-0.39, 0.29) is 95.0 Å². The van der Waals surface area contributed by atoms with Crippen molar-refractivity contribution in [2.45, 2.75) is 84.8 Å². The highest BCUT2D eigenvalue weighted by molar-refractivity contribution is 6.76. The molecule has 3 amide bonds. The molecule has 3 aliphatic rings. The molecule has 0 saturated carbocycles. The summed E-state index contributed by atoms with van der Waals surface area (Å²) in [7, 11) is -1.26. The van der Waals surface area contributed by atoms with Gasteiger partial charge < -0.3 is 47.8 Å². The Kier molecular flexibility index (Phi) is 22.9. The molecule has 0 aliphatic carbocycles. The van der Waals surface area contributed by atoms with Crippen molar-refractivity contribution in [2.24, 2.45) is 0 Å². The second kappa shape index (κ2) is 30.3. The van der Waals surface area contributed by atoms with Gasteiger partial charge in [0.25, 0.3) is 17.7 Å². The van der Waals surface area contributed by atoms with Gasteiger partial charge in [-0.15, -0.1) is 0 Å². The first-order valence-corrected chi connectivity index (χ1v) is 34.8. The highest BCUT2D eigenvalue weighted by atomic mass is 35.5. The average molecular weight is 1410 g/mol. The lowest BCUT2D eigenvalue weighted by atomic mass is 10.00. The molecule has 0 unspecified atom stereocenters. The summed E-state index contributed by atoms with van der Waals surface area (Å²) in [5, 5.41) is 12.0. The second-order valence-corrected chi connectivity index (χ2v) is 30.6. The van der Waals surface area contributed by atoms with Crippen LogP contribution in [0.5, 0.6) is 0 Å². The summed E-state index contributed by atoms with van der Waals surface area (Å²) in [6.07, 6.45) is -11.3. The fraction of sp³-hybridized carbons (Fsp3) is 0.413. The summed E-state index contributed by atoms with van der Waals surface area (Å²) in [4.78, 5) is 55.1. The van der Waals surface area contributed by atoms with Crippen LogP contribution < -0.4 is 0 Å². The Bertz CT molecular complexity index is 3940. The number of ether oxygens (including phenoxy) is 4. The fourth-order valence-electron chi connectivity index (χ4n) is 11.3. The molecule has 0 atom stereocenters. The molecule has 3 aliphatic heterocycles. The zero-order valence-electron chi connectivity index (χ0n) is 52.5. The molecule has 2 N–H and O–H groups in total. The van der Waals surface area contributed by atoms with E-state index in [0.29, 0.717) is 104 Å². The Morgan fingerprint density at radius 3 is 1.36 bits per heavy atom. The molecule has 8 aromatic rings. The molecule has 11 rings (SSSR count). The first-order valence-electron chi connectivity index (χ1n) is 30.0. The SMILES string of the molecule is Cc1c(-c2ccc(Cl)cc2)c(C(=O)N2CCOCC2)n(Cc2ncn(COCC[Si](C)(C)C)n2)c1C(F)(F)F.Cc1c(-c2ccc(Cl)cc2)c(C(=O)N2CCOCC2)n(Cc2ncn[nH]2)c1C(F)(F)F.Cc1c(C(F)(F)F)[nH]c(C(=O)N2CCOCC2)c1-c1ccc(Cl)cc1. The monoisotopic (exact) mass is 1410 g/mol. The lowest BCUT2D eigenvalue weighted by Crippen LogP contribution is -2.41. The minimum atomic E-state index is -4.72. The number of rotatable bonds is 15. The molecule has 0 spiro atoms. The number of nitrogens with one attached hydrogen (secondary N) is 2. The van der Waals surface area contributed by atoms with Crippen molar-refractivity contribution in [1.29, 1.82) is 0 Å². The molecule has 3 fully saturated rings.